The monoisotopic (exact) mass is 364 g/mol. The summed E-state index contributed by atoms with van der Waals surface area (Å²) in [5.41, 5.74) is 0.381. The van der Waals surface area contributed by atoms with Crippen molar-refractivity contribution in [2.45, 2.75) is 27.3 Å². The zero-order chi connectivity index (χ0) is 19.6. The molecule has 0 bridgehead atoms. The van der Waals surface area contributed by atoms with Gasteiger partial charge in [-0.1, -0.05) is 32.0 Å². The van der Waals surface area contributed by atoms with E-state index in [2.05, 4.69) is 5.10 Å². The lowest BCUT2D eigenvalue weighted by molar-refractivity contribution is 0.0727. The second-order valence-electron chi connectivity index (χ2n) is 6.75. The number of carbonyl (C=O) groups excluding carboxylic acids is 2. The quantitative estimate of drug-likeness (QED) is 0.393. The molecule has 0 atom stereocenters. The molecule has 6 heteroatoms. The topological polar surface area (TPSA) is 78.3 Å². The third-order valence-corrected chi connectivity index (χ3v) is 4.07. The Labute approximate surface area is 156 Å². The molecule has 0 aliphatic rings. The average molecular weight is 364 g/mol. The minimum absolute atomic E-state index is 0.0682. The molecule has 0 unspecified atom stereocenters. The highest BCUT2D eigenvalue weighted by Gasteiger charge is 2.19. The molecule has 0 radical (unpaired) electrons. The first kappa shape index (κ1) is 18.5. The minimum Gasteiger partial charge on any atom is -0.422 e. The molecule has 0 aliphatic carbocycles. The normalized spacial score (nSPS) is 11.0. The number of rotatable bonds is 5. The van der Waals surface area contributed by atoms with E-state index in [1.54, 1.807) is 48.5 Å². The van der Waals surface area contributed by atoms with Crippen molar-refractivity contribution in [3.8, 4) is 5.75 Å². The summed E-state index contributed by atoms with van der Waals surface area (Å²) in [6, 6.07) is 13.1. The van der Waals surface area contributed by atoms with Crippen LogP contribution in [0.4, 0.5) is 0 Å². The Morgan fingerprint density at radius 3 is 2.26 bits per heavy atom. The number of Topliss-reactive ketones (excluding diaryl/α,β-unsaturated/α-hetero) is 1. The zero-order valence-corrected chi connectivity index (χ0v) is 15.4. The van der Waals surface area contributed by atoms with E-state index in [-0.39, 0.29) is 23.0 Å². The Balaban J connectivity index is 2.01. The van der Waals surface area contributed by atoms with E-state index in [4.69, 9.17) is 4.74 Å². The molecule has 0 N–H and O–H groups in total. The van der Waals surface area contributed by atoms with Crippen molar-refractivity contribution >= 4 is 22.5 Å². The first-order valence-corrected chi connectivity index (χ1v) is 8.70. The lowest BCUT2D eigenvalue weighted by Crippen LogP contribution is -2.28. The van der Waals surface area contributed by atoms with Crippen LogP contribution in [-0.4, -0.2) is 21.5 Å². The maximum atomic E-state index is 12.7. The van der Waals surface area contributed by atoms with Gasteiger partial charge < -0.3 is 4.74 Å². The summed E-state index contributed by atoms with van der Waals surface area (Å²) >= 11 is 0. The molecule has 0 aliphatic heterocycles. The highest BCUT2D eigenvalue weighted by Crippen LogP contribution is 2.18. The molecule has 3 aromatic rings. The fraction of sp³-hybridized carbons (Fsp3) is 0.238. The van der Waals surface area contributed by atoms with Gasteiger partial charge in [-0.25, -0.2) is 9.48 Å². The van der Waals surface area contributed by atoms with Crippen LogP contribution in [0.3, 0.4) is 0 Å². The number of aromatic nitrogens is 2. The lowest BCUT2D eigenvalue weighted by atomic mass is 10.1. The molecular weight excluding hydrogens is 344 g/mol. The van der Waals surface area contributed by atoms with E-state index in [0.717, 1.165) is 0 Å². The SMILES string of the molecule is CC(=O)c1ccc(OC(=O)c2nn(CC(C)C)c(=O)c3ccccc23)cc1. The number of carbonyl (C=O) groups is 2. The van der Waals surface area contributed by atoms with Crippen LogP contribution >= 0.6 is 0 Å². The molecule has 1 heterocycles. The second-order valence-corrected chi connectivity index (χ2v) is 6.75. The van der Waals surface area contributed by atoms with Gasteiger partial charge in [0.15, 0.2) is 11.5 Å². The van der Waals surface area contributed by atoms with Gasteiger partial charge in [0.1, 0.15) is 5.75 Å². The van der Waals surface area contributed by atoms with Gasteiger partial charge >= 0.3 is 5.97 Å². The largest absolute Gasteiger partial charge is 0.422 e. The number of fused-ring (bicyclic) bond motifs is 1. The van der Waals surface area contributed by atoms with Crippen molar-refractivity contribution in [2.75, 3.05) is 0 Å². The maximum Gasteiger partial charge on any atom is 0.364 e. The van der Waals surface area contributed by atoms with Crippen LogP contribution in [0.5, 0.6) is 5.75 Å². The number of esters is 1. The van der Waals surface area contributed by atoms with E-state index < -0.39 is 5.97 Å². The van der Waals surface area contributed by atoms with Crippen LogP contribution in [-0.2, 0) is 6.54 Å². The number of ether oxygens (including phenoxy) is 1. The molecule has 1 aromatic heterocycles. The summed E-state index contributed by atoms with van der Waals surface area (Å²) in [4.78, 5) is 36.7. The molecular formula is C21H20N2O4. The molecule has 138 valence electrons. The Kier molecular flexibility index (Phi) is 5.16. The van der Waals surface area contributed by atoms with E-state index in [1.165, 1.54) is 11.6 Å². The van der Waals surface area contributed by atoms with Gasteiger partial charge in [-0.2, -0.15) is 5.10 Å². The van der Waals surface area contributed by atoms with E-state index in [0.29, 0.717) is 28.6 Å². The first-order chi connectivity index (χ1) is 12.9. The number of ketones is 1. The molecule has 0 saturated carbocycles. The first-order valence-electron chi connectivity index (χ1n) is 8.70. The van der Waals surface area contributed by atoms with Crippen molar-refractivity contribution in [3.63, 3.8) is 0 Å². The molecule has 6 nitrogen and oxygen atoms in total. The number of hydrogen-bond donors (Lipinski definition) is 0. The highest BCUT2D eigenvalue weighted by atomic mass is 16.5. The van der Waals surface area contributed by atoms with Crippen LogP contribution in [0, 0.1) is 5.92 Å². The van der Waals surface area contributed by atoms with Crippen molar-refractivity contribution in [3.05, 3.63) is 70.1 Å². The molecule has 2 aromatic carbocycles. The van der Waals surface area contributed by atoms with E-state index in [9.17, 15) is 14.4 Å². The molecule has 0 fully saturated rings. The third kappa shape index (κ3) is 3.95. The van der Waals surface area contributed by atoms with Gasteiger partial charge in [-0.05, 0) is 43.2 Å². The predicted molar refractivity (Wildman–Crippen MR) is 102 cm³/mol. The number of hydrogen-bond acceptors (Lipinski definition) is 5. The van der Waals surface area contributed by atoms with Gasteiger partial charge in [-0.15, -0.1) is 0 Å². The van der Waals surface area contributed by atoms with Crippen LogP contribution in [0.1, 0.15) is 41.6 Å². The predicted octanol–water partition coefficient (Wildman–Crippen LogP) is 3.47. The van der Waals surface area contributed by atoms with Gasteiger partial charge in [0.25, 0.3) is 5.56 Å². The van der Waals surface area contributed by atoms with Crippen molar-refractivity contribution in [1.29, 1.82) is 0 Å². The standard InChI is InChI=1S/C21H20N2O4/c1-13(2)12-23-20(25)18-7-5-4-6-17(18)19(22-23)21(26)27-16-10-8-15(9-11-16)14(3)24/h4-11,13H,12H2,1-3H3. The van der Waals surface area contributed by atoms with Crippen LogP contribution in [0.2, 0.25) is 0 Å². The Morgan fingerprint density at radius 1 is 1.04 bits per heavy atom. The molecule has 0 spiro atoms. The second kappa shape index (κ2) is 7.53. The highest BCUT2D eigenvalue weighted by molar-refractivity contribution is 6.03. The van der Waals surface area contributed by atoms with Gasteiger partial charge in [0, 0.05) is 17.5 Å². The van der Waals surface area contributed by atoms with Crippen molar-refractivity contribution in [1.82, 2.24) is 9.78 Å². The fourth-order valence-corrected chi connectivity index (χ4v) is 2.77. The minimum atomic E-state index is -0.653. The molecule has 0 amide bonds. The van der Waals surface area contributed by atoms with Crippen molar-refractivity contribution < 1.29 is 14.3 Å². The summed E-state index contributed by atoms with van der Waals surface area (Å²) < 4.78 is 6.72. The van der Waals surface area contributed by atoms with E-state index >= 15 is 0 Å². The summed E-state index contributed by atoms with van der Waals surface area (Å²) in [7, 11) is 0. The summed E-state index contributed by atoms with van der Waals surface area (Å²) in [5, 5.41) is 5.13. The molecule has 3 rings (SSSR count). The van der Waals surface area contributed by atoms with Gasteiger partial charge in [0.2, 0.25) is 0 Å². The molecule has 0 saturated heterocycles. The van der Waals surface area contributed by atoms with E-state index in [1.807, 2.05) is 13.8 Å². The lowest BCUT2D eigenvalue weighted by Gasteiger charge is -2.12. The van der Waals surface area contributed by atoms with Crippen molar-refractivity contribution in [2.24, 2.45) is 5.92 Å². The number of nitrogens with zero attached hydrogens (tertiary/aromatic N) is 2. The van der Waals surface area contributed by atoms with Crippen LogP contribution in [0.25, 0.3) is 10.8 Å². The fourth-order valence-electron chi connectivity index (χ4n) is 2.77. The Morgan fingerprint density at radius 2 is 1.67 bits per heavy atom. The third-order valence-electron chi connectivity index (χ3n) is 4.07. The summed E-state index contributed by atoms with van der Waals surface area (Å²) in [5.74, 6) is -0.225. The Hall–Kier alpha value is -3.28. The average Bonchev–Trinajstić information content (AvgIpc) is 2.64. The van der Waals surface area contributed by atoms with Crippen LogP contribution in [0.15, 0.2) is 53.3 Å². The summed E-state index contributed by atoms with van der Waals surface area (Å²) in [6.45, 7) is 5.81. The smallest absolute Gasteiger partial charge is 0.364 e. The number of benzene rings is 2. The van der Waals surface area contributed by atoms with Gasteiger partial charge in [-0.3, -0.25) is 9.59 Å². The zero-order valence-electron chi connectivity index (χ0n) is 15.4. The van der Waals surface area contributed by atoms with Crippen LogP contribution < -0.4 is 10.3 Å². The Bertz CT molecular complexity index is 1070. The van der Waals surface area contributed by atoms with Gasteiger partial charge in [0.05, 0.1) is 5.39 Å². The summed E-state index contributed by atoms with van der Waals surface area (Å²) in [6.07, 6.45) is 0. The molecule has 27 heavy (non-hydrogen) atoms. The maximum absolute atomic E-state index is 12.7.